The molecule has 3 N–H and O–H groups in total. The number of hydrogen-bond donors (Lipinski definition) is 3. The van der Waals surface area contributed by atoms with Gasteiger partial charge in [-0.05, 0) is 25.3 Å². The van der Waals surface area contributed by atoms with Crippen LogP contribution in [0.1, 0.15) is 26.7 Å². The highest BCUT2D eigenvalue weighted by molar-refractivity contribution is 5.74. The number of aliphatic carboxylic acids is 1. The number of carbonyl (C=O) groups excluding carboxylic acids is 1. The number of ether oxygens (including phenoxy) is 1. The van der Waals surface area contributed by atoms with Crippen molar-refractivity contribution >= 4 is 12.0 Å². The summed E-state index contributed by atoms with van der Waals surface area (Å²) in [6.07, 6.45) is 1.62. The Hall–Kier alpha value is -1.34. The molecule has 1 unspecified atom stereocenters. The van der Waals surface area contributed by atoms with Gasteiger partial charge in [0.25, 0.3) is 0 Å². The van der Waals surface area contributed by atoms with E-state index in [9.17, 15) is 9.59 Å². The number of methoxy groups -OCH3 is 1. The van der Waals surface area contributed by atoms with Gasteiger partial charge in [-0.2, -0.15) is 0 Å². The standard InChI is InChI=1S/C14H27N3O4/c1-4-17(8-13(18)19)12-5-11(6-12)16-14(20)15-7-10(2)9-21-3/h10-12H,4-9H2,1-3H3,(H,18,19)(H2,15,16,20). The minimum absolute atomic E-state index is 0.0641. The number of carbonyl (C=O) groups is 2. The summed E-state index contributed by atoms with van der Waals surface area (Å²) >= 11 is 0. The maximum atomic E-state index is 11.7. The molecule has 1 atom stereocenters. The Morgan fingerprint density at radius 2 is 2.10 bits per heavy atom. The van der Waals surface area contributed by atoms with E-state index in [-0.39, 0.29) is 30.6 Å². The van der Waals surface area contributed by atoms with Crippen LogP contribution in [0, 0.1) is 5.92 Å². The van der Waals surface area contributed by atoms with Crippen LogP contribution in [0.5, 0.6) is 0 Å². The van der Waals surface area contributed by atoms with E-state index in [1.807, 2.05) is 18.7 Å². The number of carboxylic acid groups (broad SMARTS) is 1. The topological polar surface area (TPSA) is 90.9 Å². The quantitative estimate of drug-likeness (QED) is 0.577. The van der Waals surface area contributed by atoms with Gasteiger partial charge in [0, 0.05) is 25.7 Å². The average molecular weight is 301 g/mol. The van der Waals surface area contributed by atoms with Crippen LogP contribution in [0.2, 0.25) is 0 Å². The Kier molecular flexibility index (Phi) is 7.45. The molecule has 0 aromatic heterocycles. The summed E-state index contributed by atoms with van der Waals surface area (Å²) in [5.74, 6) is -0.529. The third kappa shape index (κ3) is 6.31. The number of rotatable bonds is 9. The molecule has 0 aliphatic heterocycles. The smallest absolute Gasteiger partial charge is 0.317 e. The Labute approximate surface area is 126 Å². The van der Waals surface area contributed by atoms with Crippen LogP contribution in [-0.2, 0) is 9.53 Å². The molecule has 1 rings (SSSR count). The molecule has 7 nitrogen and oxygen atoms in total. The van der Waals surface area contributed by atoms with E-state index in [1.54, 1.807) is 7.11 Å². The molecule has 1 aliphatic rings. The first kappa shape index (κ1) is 17.7. The molecule has 0 aromatic rings. The SMILES string of the molecule is CCN(CC(=O)O)C1CC(NC(=O)NCC(C)COC)C1. The van der Waals surface area contributed by atoms with Crippen molar-refractivity contribution in [3.8, 4) is 0 Å². The Morgan fingerprint density at radius 3 is 2.62 bits per heavy atom. The van der Waals surface area contributed by atoms with Gasteiger partial charge in [-0.3, -0.25) is 9.69 Å². The second-order valence-corrected chi connectivity index (χ2v) is 5.69. The van der Waals surface area contributed by atoms with Gasteiger partial charge < -0.3 is 20.5 Å². The first-order valence-corrected chi connectivity index (χ1v) is 7.45. The lowest BCUT2D eigenvalue weighted by molar-refractivity contribution is -0.139. The van der Waals surface area contributed by atoms with Crippen LogP contribution >= 0.6 is 0 Å². The summed E-state index contributed by atoms with van der Waals surface area (Å²) in [5.41, 5.74) is 0. The molecule has 1 fully saturated rings. The summed E-state index contributed by atoms with van der Waals surface area (Å²) in [6.45, 7) is 5.93. The zero-order valence-electron chi connectivity index (χ0n) is 13.1. The minimum atomic E-state index is -0.807. The fourth-order valence-corrected chi connectivity index (χ4v) is 2.52. The maximum absolute atomic E-state index is 11.7. The summed E-state index contributed by atoms with van der Waals surface area (Å²) in [6, 6.07) is 0.224. The van der Waals surface area contributed by atoms with Crippen LogP contribution in [-0.4, -0.2) is 67.4 Å². The van der Waals surface area contributed by atoms with Gasteiger partial charge in [0.05, 0.1) is 13.2 Å². The molecule has 122 valence electrons. The van der Waals surface area contributed by atoms with Crippen molar-refractivity contribution in [2.75, 3.05) is 33.4 Å². The van der Waals surface area contributed by atoms with Gasteiger partial charge in [-0.15, -0.1) is 0 Å². The number of carboxylic acids is 1. The van der Waals surface area contributed by atoms with Gasteiger partial charge in [-0.25, -0.2) is 4.79 Å². The lowest BCUT2D eigenvalue weighted by atomic mass is 9.85. The fraction of sp³-hybridized carbons (Fsp3) is 0.857. The summed E-state index contributed by atoms with van der Waals surface area (Å²) in [4.78, 5) is 24.4. The van der Waals surface area contributed by atoms with Crippen molar-refractivity contribution in [2.45, 2.75) is 38.8 Å². The van der Waals surface area contributed by atoms with E-state index < -0.39 is 5.97 Å². The lowest BCUT2D eigenvalue weighted by Crippen LogP contribution is -2.56. The maximum Gasteiger partial charge on any atom is 0.317 e. The lowest BCUT2D eigenvalue weighted by Gasteiger charge is -2.42. The number of nitrogens with one attached hydrogen (secondary N) is 2. The fourth-order valence-electron chi connectivity index (χ4n) is 2.52. The van der Waals surface area contributed by atoms with Crippen LogP contribution in [0.4, 0.5) is 4.79 Å². The summed E-state index contributed by atoms with van der Waals surface area (Å²) in [5, 5.41) is 14.6. The highest BCUT2D eigenvalue weighted by atomic mass is 16.5. The normalized spacial score (nSPS) is 22.5. The predicted molar refractivity (Wildman–Crippen MR) is 79.3 cm³/mol. The molecule has 21 heavy (non-hydrogen) atoms. The molecule has 0 radical (unpaired) electrons. The molecule has 0 saturated heterocycles. The van der Waals surface area contributed by atoms with Gasteiger partial charge in [0.2, 0.25) is 0 Å². The van der Waals surface area contributed by atoms with E-state index in [2.05, 4.69) is 10.6 Å². The van der Waals surface area contributed by atoms with E-state index in [0.29, 0.717) is 19.7 Å². The minimum Gasteiger partial charge on any atom is -0.480 e. The first-order valence-electron chi connectivity index (χ1n) is 7.45. The molecular weight excluding hydrogens is 274 g/mol. The van der Waals surface area contributed by atoms with E-state index in [0.717, 1.165) is 12.8 Å². The highest BCUT2D eigenvalue weighted by Crippen LogP contribution is 2.25. The average Bonchev–Trinajstić information content (AvgIpc) is 2.38. The summed E-state index contributed by atoms with van der Waals surface area (Å²) in [7, 11) is 1.64. The predicted octanol–water partition coefficient (Wildman–Crippen LogP) is 0.506. The third-order valence-electron chi connectivity index (χ3n) is 3.77. The Morgan fingerprint density at radius 1 is 1.43 bits per heavy atom. The number of nitrogens with zero attached hydrogens (tertiary/aromatic N) is 1. The second kappa shape index (κ2) is 8.84. The molecule has 0 bridgehead atoms. The molecular formula is C14H27N3O4. The van der Waals surface area contributed by atoms with Crippen molar-refractivity contribution < 1.29 is 19.4 Å². The van der Waals surface area contributed by atoms with E-state index in [1.165, 1.54) is 0 Å². The van der Waals surface area contributed by atoms with E-state index >= 15 is 0 Å². The first-order chi connectivity index (χ1) is 9.96. The second-order valence-electron chi connectivity index (χ2n) is 5.69. The Bertz CT molecular complexity index is 345. The molecule has 2 amide bonds. The molecule has 0 spiro atoms. The van der Waals surface area contributed by atoms with Gasteiger partial charge in [-0.1, -0.05) is 13.8 Å². The van der Waals surface area contributed by atoms with Crippen LogP contribution in [0.15, 0.2) is 0 Å². The zero-order chi connectivity index (χ0) is 15.8. The molecule has 1 aliphatic carbocycles. The van der Waals surface area contributed by atoms with Gasteiger partial charge >= 0.3 is 12.0 Å². The van der Waals surface area contributed by atoms with Gasteiger partial charge in [0.1, 0.15) is 0 Å². The largest absolute Gasteiger partial charge is 0.480 e. The van der Waals surface area contributed by atoms with Crippen LogP contribution in [0.25, 0.3) is 0 Å². The van der Waals surface area contributed by atoms with Crippen molar-refractivity contribution in [1.29, 1.82) is 0 Å². The Balaban J connectivity index is 2.19. The number of urea groups is 1. The van der Waals surface area contributed by atoms with Crippen LogP contribution < -0.4 is 10.6 Å². The highest BCUT2D eigenvalue weighted by Gasteiger charge is 2.34. The summed E-state index contributed by atoms with van der Waals surface area (Å²) < 4.78 is 5.01. The molecule has 0 aromatic carbocycles. The monoisotopic (exact) mass is 301 g/mol. The molecule has 7 heteroatoms. The van der Waals surface area contributed by atoms with Crippen molar-refractivity contribution in [3.05, 3.63) is 0 Å². The number of hydrogen-bond acceptors (Lipinski definition) is 4. The van der Waals surface area contributed by atoms with Crippen molar-refractivity contribution in [3.63, 3.8) is 0 Å². The number of likely N-dealkylation sites (N-methyl/N-ethyl adjacent to an activating group) is 1. The zero-order valence-corrected chi connectivity index (χ0v) is 13.1. The molecule has 1 saturated carbocycles. The van der Waals surface area contributed by atoms with Gasteiger partial charge in [0.15, 0.2) is 0 Å². The van der Waals surface area contributed by atoms with Crippen molar-refractivity contribution in [1.82, 2.24) is 15.5 Å². The van der Waals surface area contributed by atoms with Crippen molar-refractivity contribution in [2.24, 2.45) is 5.92 Å². The van der Waals surface area contributed by atoms with Crippen LogP contribution in [0.3, 0.4) is 0 Å². The van der Waals surface area contributed by atoms with E-state index in [4.69, 9.17) is 9.84 Å². The number of amides is 2. The molecule has 0 heterocycles. The third-order valence-corrected chi connectivity index (χ3v) is 3.77.